The summed E-state index contributed by atoms with van der Waals surface area (Å²) in [5, 5.41) is 14.9. The van der Waals surface area contributed by atoms with E-state index in [1.807, 2.05) is 62.5 Å². The van der Waals surface area contributed by atoms with E-state index in [1.54, 1.807) is 11.0 Å². The highest BCUT2D eigenvalue weighted by Crippen LogP contribution is 2.25. The van der Waals surface area contributed by atoms with Gasteiger partial charge >= 0.3 is 6.03 Å². The molecule has 1 aliphatic rings. The van der Waals surface area contributed by atoms with Gasteiger partial charge in [-0.25, -0.2) is 4.79 Å². The Balaban J connectivity index is 1.33. The zero-order valence-corrected chi connectivity index (χ0v) is 18.0. The molecule has 2 aromatic carbocycles. The Morgan fingerprint density at radius 1 is 1.00 bits per heavy atom. The van der Waals surface area contributed by atoms with E-state index in [4.69, 9.17) is 0 Å². The van der Waals surface area contributed by atoms with Crippen LogP contribution in [0.5, 0.6) is 0 Å². The van der Waals surface area contributed by atoms with Gasteiger partial charge in [0, 0.05) is 44.9 Å². The fourth-order valence-electron chi connectivity index (χ4n) is 4.14. The maximum Gasteiger partial charge on any atom is 0.321 e. The minimum atomic E-state index is -0.0980. The molecular formula is C25H28N4O2. The van der Waals surface area contributed by atoms with Gasteiger partial charge in [-0.15, -0.1) is 0 Å². The Kier molecular flexibility index (Phi) is 6.07. The monoisotopic (exact) mass is 416 g/mol. The van der Waals surface area contributed by atoms with Gasteiger partial charge in [0.25, 0.3) is 0 Å². The van der Waals surface area contributed by atoms with E-state index in [9.17, 15) is 10.0 Å². The number of benzene rings is 2. The number of hydrogen-bond donors (Lipinski definition) is 1. The van der Waals surface area contributed by atoms with Crippen LogP contribution in [0.25, 0.3) is 11.1 Å². The topological polar surface area (TPSA) is 62.5 Å². The summed E-state index contributed by atoms with van der Waals surface area (Å²) in [6.45, 7) is 3.48. The van der Waals surface area contributed by atoms with Crippen molar-refractivity contribution >= 4 is 17.4 Å². The van der Waals surface area contributed by atoms with Crippen LogP contribution in [0.3, 0.4) is 0 Å². The van der Waals surface area contributed by atoms with E-state index in [0.717, 1.165) is 53.2 Å². The molecule has 1 aliphatic heterocycles. The van der Waals surface area contributed by atoms with E-state index in [0.29, 0.717) is 5.69 Å². The highest BCUT2D eigenvalue weighted by molar-refractivity contribution is 5.89. The molecule has 1 aromatic heterocycles. The number of pyridine rings is 1. The summed E-state index contributed by atoms with van der Waals surface area (Å²) in [7, 11) is 1.85. The molecular weight excluding hydrogens is 388 g/mol. The van der Waals surface area contributed by atoms with Crippen molar-refractivity contribution in [1.29, 1.82) is 0 Å². The molecule has 0 aliphatic carbocycles. The number of hydrogen-bond acceptors (Lipinski definition) is 3. The second-order valence-corrected chi connectivity index (χ2v) is 8.01. The van der Waals surface area contributed by atoms with Gasteiger partial charge < -0.3 is 20.3 Å². The Bertz CT molecular complexity index is 1030. The number of anilines is 2. The normalized spacial score (nSPS) is 14.3. The molecule has 4 rings (SSSR count). The molecule has 0 saturated carbocycles. The summed E-state index contributed by atoms with van der Waals surface area (Å²) < 4.78 is 0.907. The van der Waals surface area contributed by atoms with Gasteiger partial charge in [-0.2, -0.15) is 4.73 Å². The number of rotatable bonds is 4. The highest BCUT2D eigenvalue weighted by Gasteiger charge is 2.27. The zero-order valence-electron chi connectivity index (χ0n) is 18.0. The molecule has 1 fully saturated rings. The lowest BCUT2D eigenvalue weighted by Gasteiger charge is -2.37. The van der Waals surface area contributed by atoms with E-state index in [-0.39, 0.29) is 12.1 Å². The van der Waals surface area contributed by atoms with E-state index in [1.165, 1.54) is 6.20 Å². The van der Waals surface area contributed by atoms with Crippen molar-refractivity contribution in [2.24, 2.45) is 0 Å². The van der Waals surface area contributed by atoms with Crippen molar-refractivity contribution in [2.45, 2.75) is 25.8 Å². The lowest BCUT2D eigenvalue weighted by molar-refractivity contribution is -0.611. The summed E-state index contributed by atoms with van der Waals surface area (Å²) in [6, 6.07) is 21.9. The predicted octanol–water partition coefficient (Wildman–Crippen LogP) is 4.43. The van der Waals surface area contributed by atoms with Gasteiger partial charge in [0.05, 0.1) is 0 Å². The maximum absolute atomic E-state index is 12.8. The molecule has 1 N–H and O–H groups in total. The number of piperidine rings is 1. The van der Waals surface area contributed by atoms with E-state index >= 15 is 0 Å². The number of nitrogens with zero attached hydrogens (tertiary/aromatic N) is 3. The Morgan fingerprint density at radius 3 is 2.32 bits per heavy atom. The third-order valence-corrected chi connectivity index (χ3v) is 6.09. The van der Waals surface area contributed by atoms with Crippen LogP contribution < -0.4 is 14.9 Å². The number of carbonyl (C=O) groups excluding carboxylic acids is 1. The summed E-state index contributed by atoms with van der Waals surface area (Å²) >= 11 is 0. The molecule has 3 aromatic rings. The van der Waals surface area contributed by atoms with Crippen molar-refractivity contribution in [2.75, 3.05) is 30.4 Å². The van der Waals surface area contributed by atoms with Crippen LogP contribution in [0.1, 0.15) is 18.5 Å². The van der Waals surface area contributed by atoms with Gasteiger partial charge in [-0.05, 0) is 42.2 Å². The lowest BCUT2D eigenvalue weighted by atomic mass is 10.0. The smallest absolute Gasteiger partial charge is 0.321 e. The second-order valence-electron chi connectivity index (χ2n) is 8.01. The molecule has 0 atom stereocenters. The van der Waals surface area contributed by atoms with Crippen LogP contribution in [-0.2, 0) is 0 Å². The molecule has 2 heterocycles. The Hall–Kier alpha value is -3.54. The molecule has 160 valence electrons. The Morgan fingerprint density at radius 2 is 1.65 bits per heavy atom. The van der Waals surface area contributed by atoms with Crippen LogP contribution in [0.15, 0.2) is 72.9 Å². The minimum Gasteiger partial charge on any atom is -0.618 e. The molecule has 6 nitrogen and oxygen atoms in total. The molecule has 0 bridgehead atoms. The van der Waals surface area contributed by atoms with E-state index < -0.39 is 0 Å². The van der Waals surface area contributed by atoms with Crippen LogP contribution in [-0.4, -0.2) is 37.1 Å². The third-order valence-electron chi connectivity index (χ3n) is 6.09. The minimum absolute atomic E-state index is 0.0980. The third kappa shape index (κ3) is 4.63. The lowest BCUT2D eigenvalue weighted by Crippen LogP contribution is -2.47. The first-order chi connectivity index (χ1) is 15.0. The number of aromatic nitrogens is 1. The van der Waals surface area contributed by atoms with E-state index in [2.05, 4.69) is 22.3 Å². The molecule has 6 heteroatoms. The molecule has 1 saturated heterocycles. The van der Waals surface area contributed by atoms with Gasteiger partial charge in [0.15, 0.2) is 6.20 Å². The number of carbonyl (C=O) groups is 1. The molecule has 0 radical (unpaired) electrons. The van der Waals surface area contributed by atoms with Crippen LogP contribution in [0, 0.1) is 12.1 Å². The first kappa shape index (κ1) is 20.7. The fraction of sp³-hybridized carbons (Fsp3) is 0.280. The van der Waals surface area contributed by atoms with Gasteiger partial charge in [-0.3, -0.25) is 0 Å². The summed E-state index contributed by atoms with van der Waals surface area (Å²) in [5.41, 5.74) is 4.75. The van der Waals surface area contributed by atoms with Gasteiger partial charge in [-0.1, -0.05) is 42.5 Å². The van der Waals surface area contributed by atoms with Crippen molar-refractivity contribution in [3.63, 3.8) is 0 Å². The summed E-state index contributed by atoms with van der Waals surface area (Å²) in [6.07, 6.45) is 3.25. The fourth-order valence-corrected chi connectivity index (χ4v) is 4.14. The predicted molar refractivity (Wildman–Crippen MR) is 124 cm³/mol. The van der Waals surface area contributed by atoms with Gasteiger partial charge in [0.2, 0.25) is 5.69 Å². The number of amides is 2. The molecule has 31 heavy (non-hydrogen) atoms. The highest BCUT2D eigenvalue weighted by atomic mass is 16.5. The number of urea groups is 1. The van der Waals surface area contributed by atoms with Crippen LogP contribution >= 0.6 is 0 Å². The Labute approximate surface area is 183 Å². The van der Waals surface area contributed by atoms with Crippen molar-refractivity contribution < 1.29 is 9.52 Å². The van der Waals surface area contributed by atoms with Crippen LogP contribution in [0.2, 0.25) is 0 Å². The average Bonchev–Trinajstić information content (AvgIpc) is 2.81. The summed E-state index contributed by atoms with van der Waals surface area (Å²) in [5.74, 6) is 0. The molecule has 2 amide bonds. The van der Waals surface area contributed by atoms with Crippen LogP contribution in [0.4, 0.5) is 16.2 Å². The molecule has 0 spiro atoms. The number of nitrogens with one attached hydrogen (secondary N) is 1. The van der Waals surface area contributed by atoms with Gasteiger partial charge in [0.1, 0.15) is 5.69 Å². The van der Waals surface area contributed by atoms with Crippen molar-refractivity contribution in [3.8, 4) is 11.1 Å². The van der Waals surface area contributed by atoms with Crippen molar-refractivity contribution in [1.82, 2.24) is 4.90 Å². The first-order valence-corrected chi connectivity index (χ1v) is 10.7. The SMILES string of the molecule is Cc1c(N2CCC(N(C)C(=O)Nc3ccc(-c4ccccc4)cc3)CC2)ccc[n+]1[O-]. The first-order valence-electron chi connectivity index (χ1n) is 10.7. The summed E-state index contributed by atoms with van der Waals surface area (Å²) in [4.78, 5) is 16.8. The molecule has 0 unspecified atom stereocenters. The standard InChI is InChI=1S/C25H28N4O2/c1-19-24(9-6-16-29(19)31)28-17-14-23(15-18-28)27(2)25(30)26-22-12-10-21(11-13-22)20-7-4-3-5-8-20/h3-13,16,23H,14-15,17-18H2,1-2H3,(H,26,30). The quantitative estimate of drug-likeness (QED) is 0.506. The average molecular weight is 417 g/mol. The zero-order chi connectivity index (χ0) is 21.8. The van der Waals surface area contributed by atoms with Crippen molar-refractivity contribution in [3.05, 3.63) is 83.8 Å². The second kappa shape index (κ2) is 9.08. The maximum atomic E-state index is 12.8. The largest absolute Gasteiger partial charge is 0.618 e.